The number of benzene rings is 2. The summed E-state index contributed by atoms with van der Waals surface area (Å²) in [6, 6.07) is 10.5. The Bertz CT molecular complexity index is 1190. The molecule has 2 aromatic carbocycles. The highest BCUT2D eigenvalue weighted by molar-refractivity contribution is 8.14. The molecular weight excluding hydrogens is 462 g/mol. The molecule has 33 heavy (non-hydrogen) atoms. The minimum absolute atomic E-state index is 0.000190. The SMILES string of the molecule is COc1ccc(OC)c(N2C(SCC(=O)Nc3c(C)cccc3C)=N[C@@H]3CS(=O)(=O)C[C@H]32)c1. The molecule has 0 unspecified atom stereocenters. The molecule has 0 aliphatic carbocycles. The lowest BCUT2D eigenvalue weighted by Gasteiger charge is -2.28. The zero-order chi connectivity index (χ0) is 23.8. The van der Waals surface area contributed by atoms with E-state index in [0.29, 0.717) is 22.4 Å². The number of para-hydroxylation sites is 1. The Kier molecular flexibility index (Phi) is 6.58. The number of nitrogens with zero attached hydrogens (tertiary/aromatic N) is 2. The molecule has 2 heterocycles. The lowest BCUT2D eigenvalue weighted by Crippen LogP contribution is -2.39. The molecule has 1 fully saturated rings. The minimum atomic E-state index is -3.20. The third kappa shape index (κ3) is 4.81. The maximum Gasteiger partial charge on any atom is 0.234 e. The highest BCUT2D eigenvalue weighted by Gasteiger charge is 2.48. The summed E-state index contributed by atoms with van der Waals surface area (Å²) in [6.45, 7) is 3.91. The number of rotatable bonds is 6. The van der Waals surface area contributed by atoms with E-state index in [-0.39, 0.29) is 35.2 Å². The van der Waals surface area contributed by atoms with Crippen LogP contribution in [0.25, 0.3) is 0 Å². The van der Waals surface area contributed by atoms with Crippen molar-refractivity contribution in [1.29, 1.82) is 0 Å². The molecule has 2 aliphatic rings. The summed E-state index contributed by atoms with van der Waals surface area (Å²) in [5.74, 6) is 1.18. The Balaban J connectivity index is 1.59. The molecule has 8 nitrogen and oxygen atoms in total. The summed E-state index contributed by atoms with van der Waals surface area (Å²) in [6.07, 6.45) is 0. The van der Waals surface area contributed by atoms with E-state index in [0.717, 1.165) is 16.8 Å². The molecule has 176 valence electrons. The minimum Gasteiger partial charge on any atom is -0.497 e. The van der Waals surface area contributed by atoms with Gasteiger partial charge in [0, 0.05) is 11.8 Å². The van der Waals surface area contributed by atoms with E-state index < -0.39 is 9.84 Å². The van der Waals surface area contributed by atoms with Gasteiger partial charge in [-0.1, -0.05) is 30.0 Å². The second-order valence-electron chi connectivity index (χ2n) is 8.13. The lowest BCUT2D eigenvalue weighted by atomic mass is 10.1. The van der Waals surface area contributed by atoms with Crippen LogP contribution in [0.15, 0.2) is 41.4 Å². The van der Waals surface area contributed by atoms with Crippen molar-refractivity contribution in [3.8, 4) is 11.5 Å². The number of anilines is 2. The molecule has 2 aromatic rings. The van der Waals surface area contributed by atoms with Crippen molar-refractivity contribution in [1.82, 2.24) is 0 Å². The number of amidine groups is 1. The number of thioether (sulfide) groups is 1. The van der Waals surface area contributed by atoms with Gasteiger partial charge in [-0.25, -0.2) is 8.42 Å². The van der Waals surface area contributed by atoms with E-state index in [1.165, 1.54) is 11.8 Å². The van der Waals surface area contributed by atoms with Gasteiger partial charge in [0.15, 0.2) is 15.0 Å². The average Bonchev–Trinajstić information content (AvgIpc) is 3.25. The summed E-state index contributed by atoms with van der Waals surface area (Å²) >= 11 is 1.29. The smallest absolute Gasteiger partial charge is 0.234 e. The van der Waals surface area contributed by atoms with Gasteiger partial charge in [-0.15, -0.1) is 0 Å². The normalized spacial score (nSPS) is 20.8. The van der Waals surface area contributed by atoms with Crippen LogP contribution in [0.2, 0.25) is 0 Å². The molecule has 2 atom stereocenters. The van der Waals surface area contributed by atoms with Crippen LogP contribution in [0.4, 0.5) is 11.4 Å². The number of carbonyl (C=O) groups excluding carboxylic acids is 1. The summed E-state index contributed by atoms with van der Waals surface area (Å²) in [5.41, 5.74) is 3.47. The average molecular weight is 490 g/mol. The van der Waals surface area contributed by atoms with Crippen molar-refractivity contribution in [2.75, 3.05) is 41.7 Å². The largest absolute Gasteiger partial charge is 0.497 e. The van der Waals surface area contributed by atoms with Crippen molar-refractivity contribution in [3.63, 3.8) is 0 Å². The van der Waals surface area contributed by atoms with E-state index in [1.807, 2.05) is 36.9 Å². The molecular formula is C23H27N3O5S2. The quantitative estimate of drug-likeness (QED) is 0.666. The van der Waals surface area contributed by atoms with Gasteiger partial charge < -0.3 is 19.7 Å². The molecule has 1 N–H and O–H groups in total. The van der Waals surface area contributed by atoms with E-state index in [9.17, 15) is 13.2 Å². The number of aryl methyl sites for hydroxylation is 2. The third-order valence-corrected chi connectivity index (χ3v) is 8.50. The molecule has 10 heteroatoms. The number of amides is 1. The van der Waals surface area contributed by atoms with E-state index >= 15 is 0 Å². The molecule has 4 rings (SSSR count). The molecule has 0 bridgehead atoms. The van der Waals surface area contributed by atoms with Crippen LogP contribution >= 0.6 is 11.8 Å². The number of fused-ring (bicyclic) bond motifs is 1. The fraction of sp³-hybridized carbons (Fsp3) is 0.391. The molecule has 2 aliphatic heterocycles. The maximum absolute atomic E-state index is 12.7. The van der Waals surface area contributed by atoms with Gasteiger partial charge in [-0.3, -0.25) is 9.79 Å². The summed E-state index contributed by atoms with van der Waals surface area (Å²) in [5, 5.41) is 3.59. The maximum atomic E-state index is 12.7. The fourth-order valence-electron chi connectivity index (χ4n) is 4.22. The Labute approximate surface area is 198 Å². The molecule has 0 spiro atoms. The predicted octanol–water partition coefficient (Wildman–Crippen LogP) is 3.03. The Morgan fingerprint density at radius 2 is 1.88 bits per heavy atom. The second kappa shape index (κ2) is 9.26. The Hall–Kier alpha value is -2.72. The fourth-order valence-corrected chi connectivity index (χ4v) is 6.98. The van der Waals surface area contributed by atoms with Gasteiger partial charge in [-0.05, 0) is 37.1 Å². The first-order valence-corrected chi connectivity index (χ1v) is 13.3. The van der Waals surface area contributed by atoms with Crippen LogP contribution in [0.5, 0.6) is 11.5 Å². The van der Waals surface area contributed by atoms with Crippen molar-refractivity contribution in [3.05, 3.63) is 47.5 Å². The van der Waals surface area contributed by atoms with Gasteiger partial charge in [0.1, 0.15) is 11.5 Å². The highest BCUT2D eigenvalue weighted by atomic mass is 32.2. The number of methoxy groups -OCH3 is 2. The van der Waals surface area contributed by atoms with Crippen molar-refractivity contribution in [2.24, 2.45) is 4.99 Å². The molecule has 1 amide bonds. The van der Waals surface area contributed by atoms with Crippen LogP contribution < -0.4 is 19.7 Å². The van der Waals surface area contributed by atoms with Crippen molar-refractivity contribution in [2.45, 2.75) is 25.9 Å². The number of nitrogens with one attached hydrogen (secondary N) is 1. The van der Waals surface area contributed by atoms with E-state index in [1.54, 1.807) is 32.4 Å². The highest BCUT2D eigenvalue weighted by Crippen LogP contribution is 2.41. The first-order valence-electron chi connectivity index (χ1n) is 10.5. The Morgan fingerprint density at radius 1 is 1.15 bits per heavy atom. The first kappa shape index (κ1) is 23.4. The number of sulfone groups is 1. The van der Waals surface area contributed by atoms with E-state index in [4.69, 9.17) is 14.5 Å². The second-order valence-corrected chi connectivity index (χ2v) is 11.2. The van der Waals surface area contributed by atoms with Gasteiger partial charge in [0.25, 0.3) is 0 Å². The number of hydrogen-bond donors (Lipinski definition) is 1. The predicted molar refractivity (Wildman–Crippen MR) is 133 cm³/mol. The van der Waals surface area contributed by atoms with Gasteiger partial charge in [-0.2, -0.15) is 0 Å². The summed E-state index contributed by atoms with van der Waals surface area (Å²) < 4.78 is 35.6. The number of aliphatic imine (C=N–C) groups is 1. The molecule has 0 saturated carbocycles. The van der Waals surface area contributed by atoms with Crippen molar-refractivity contribution >= 4 is 44.0 Å². The van der Waals surface area contributed by atoms with Crippen LogP contribution in [0.1, 0.15) is 11.1 Å². The zero-order valence-corrected chi connectivity index (χ0v) is 20.6. The number of ether oxygens (including phenoxy) is 2. The van der Waals surface area contributed by atoms with Gasteiger partial charge >= 0.3 is 0 Å². The monoisotopic (exact) mass is 489 g/mol. The molecule has 1 saturated heterocycles. The standard InChI is InChI=1S/C23H27N3O5S2/c1-14-6-5-7-15(2)22(14)25-21(27)11-32-23-24-17-12-33(28,29)13-19(17)26(23)18-10-16(30-3)8-9-20(18)31-4/h5-10,17,19H,11-13H2,1-4H3,(H,25,27)/t17-,19-/m1/s1. The zero-order valence-electron chi connectivity index (χ0n) is 19.0. The lowest BCUT2D eigenvalue weighted by molar-refractivity contribution is -0.113. The van der Waals surface area contributed by atoms with E-state index in [2.05, 4.69) is 5.32 Å². The van der Waals surface area contributed by atoms with Crippen LogP contribution in [0, 0.1) is 13.8 Å². The van der Waals surface area contributed by atoms with Crippen LogP contribution in [-0.2, 0) is 14.6 Å². The summed E-state index contributed by atoms with van der Waals surface area (Å²) in [7, 11) is -0.0648. The van der Waals surface area contributed by atoms with Crippen LogP contribution in [-0.4, -0.2) is 63.1 Å². The van der Waals surface area contributed by atoms with Gasteiger partial charge in [0.2, 0.25) is 5.91 Å². The van der Waals surface area contributed by atoms with Crippen LogP contribution in [0.3, 0.4) is 0 Å². The molecule has 0 aromatic heterocycles. The number of hydrogen-bond acceptors (Lipinski definition) is 8. The third-order valence-electron chi connectivity index (χ3n) is 5.83. The van der Waals surface area contributed by atoms with Crippen molar-refractivity contribution < 1.29 is 22.7 Å². The number of carbonyl (C=O) groups is 1. The molecule has 0 radical (unpaired) electrons. The van der Waals surface area contributed by atoms with Gasteiger partial charge in [0.05, 0.1) is 49.2 Å². The first-order chi connectivity index (χ1) is 15.7. The summed E-state index contributed by atoms with van der Waals surface area (Å²) in [4.78, 5) is 19.3. The Morgan fingerprint density at radius 3 is 2.55 bits per heavy atom. The topological polar surface area (TPSA) is 97.3 Å².